The summed E-state index contributed by atoms with van der Waals surface area (Å²) < 4.78 is 5.55. The highest BCUT2D eigenvalue weighted by atomic mass is 16.5. The summed E-state index contributed by atoms with van der Waals surface area (Å²) in [7, 11) is 2.28. The Bertz CT molecular complexity index is 259. The van der Waals surface area contributed by atoms with Crippen LogP contribution >= 0.6 is 0 Å². The van der Waals surface area contributed by atoms with Crippen LogP contribution in [0, 0.1) is 17.8 Å². The molecule has 2 aliphatic carbocycles. The van der Waals surface area contributed by atoms with Gasteiger partial charge >= 0.3 is 0 Å². The van der Waals surface area contributed by atoms with Gasteiger partial charge in [0.15, 0.2) is 0 Å². The van der Waals surface area contributed by atoms with E-state index in [1.165, 1.54) is 51.6 Å². The van der Waals surface area contributed by atoms with Crippen LogP contribution in [-0.2, 0) is 4.74 Å². The maximum Gasteiger partial charge on any atom is 0.0590 e. The molecule has 0 aromatic rings. The quantitative estimate of drug-likeness (QED) is 0.590. The van der Waals surface area contributed by atoms with E-state index in [1.54, 1.807) is 0 Å². The van der Waals surface area contributed by atoms with E-state index >= 15 is 0 Å². The summed E-state index contributed by atoms with van der Waals surface area (Å²) in [6.45, 7) is 8.55. The average Bonchev–Trinajstić information content (AvgIpc) is 3.04. The lowest BCUT2D eigenvalue weighted by molar-refractivity contribution is 0.132. The van der Waals surface area contributed by atoms with E-state index in [9.17, 15) is 0 Å². The lowest BCUT2D eigenvalue weighted by atomic mass is 9.88. The molecule has 1 N–H and O–H groups in total. The molecule has 118 valence electrons. The lowest BCUT2D eigenvalue weighted by Crippen LogP contribution is -2.35. The van der Waals surface area contributed by atoms with Gasteiger partial charge in [-0.15, -0.1) is 0 Å². The van der Waals surface area contributed by atoms with Crippen molar-refractivity contribution in [3.05, 3.63) is 0 Å². The topological polar surface area (TPSA) is 24.5 Å². The zero-order valence-corrected chi connectivity index (χ0v) is 13.6. The fourth-order valence-electron chi connectivity index (χ4n) is 3.98. The molecule has 0 saturated heterocycles. The van der Waals surface area contributed by atoms with Crippen LogP contribution in [0.15, 0.2) is 0 Å². The average molecular weight is 282 g/mol. The first-order valence-electron chi connectivity index (χ1n) is 8.76. The Morgan fingerprint density at radius 1 is 1.15 bits per heavy atom. The Morgan fingerprint density at radius 2 is 2.05 bits per heavy atom. The number of rotatable bonds is 11. The van der Waals surface area contributed by atoms with Crippen molar-refractivity contribution in [3.8, 4) is 0 Å². The van der Waals surface area contributed by atoms with Gasteiger partial charge in [0.05, 0.1) is 6.61 Å². The summed E-state index contributed by atoms with van der Waals surface area (Å²) >= 11 is 0. The molecule has 2 aliphatic rings. The third-order valence-electron chi connectivity index (χ3n) is 5.17. The molecule has 2 fully saturated rings. The highest BCUT2D eigenvalue weighted by Gasteiger charge is 2.39. The number of unbranched alkanes of at least 4 members (excludes halogenated alkanes) is 1. The van der Waals surface area contributed by atoms with E-state index in [0.717, 1.165) is 44.1 Å². The summed E-state index contributed by atoms with van der Waals surface area (Å²) in [6, 6.07) is 0. The summed E-state index contributed by atoms with van der Waals surface area (Å²) in [5, 5.41) is 3.49. The molecule has 0 amide bonds. The van der Waals surface area contributed by atoms with Gasteiger partial charge < -0.3 is 15.0 Å². The molecule has 0 aromatic heterocycles. The molecule has 3 heteroatoms. The number of hydrogen-bond donors (Lipinski definition) is 1. The molecular formula is C17H34N2O. The molecule has 0 spiro atoms. The van der Waals surface area contributed by atoms with Crippen LogP contribution in [0.3, 0.4) is 0 Å². The van der Waals surface area contributed by atoms with Crippen molar-refractivity contribution in [3.63, 3.8) is 0 Å². The highest BCUT2D eigenvalue weighted by Crippen LogP contribution is 2.48. The Hall–Kier alpha value is -0.120. The van der Waals surface area contributed by atoms with Crippen molar-refractivity contribution in [2.45, 2.75) is 45.4 Å². The van der Waals surface area contributed by atoms with Crippen molar-refractivity contribution >= 4 is 0 Å². The molecule has 20 heavy (non-hydrogen) atoms. The minimum atomic E-state index is 0.857. The zero-order chi connectivity index (χ0) is 14.2. The molecule has 0 aliphatic heterocycles. The van der Waals surface area contributed by atoms with Crippen molar-refractivity contribution < 1.29 is 4.74 Å². The smallest absolute Gasteiger partial charge is 0.0590 e. The number of nitrogens with zero attached hydrogens (tertiary/aromatic N) is 1. The van der Waals surface area contributed by atoms with E-state index in [2.05, 4.69) is 24.2 Å². The van der Waals surface area contributed by atoms with Crippen molar-refractivity contribution in [2.24, 2.45) is 17.8 Å². The lowest BCUT2D eigenvalue weighted by Gasteiger charge is -2.27. The molecule has 3 unspecified atom stereocenters. The van der Waals surface area contributed by atoms with E-state index in [4.69, 9.17) is 4.74 Å². The molecule has 0 heterocycles. The standard InChI is InChI=1S/C17H34N2O/c1-3-4-10-20-11-8-18-7-9-19(2)14-17-13-15-5-6-16(17)12-15/h15-18H,3-14H2,1-2H3. The molecule has 2 rings (SSSR count). The largest absolute Gasteiger partial charge is 0.380 e. The molecule has 3 atom stereocenters. The van der Waals surface area contributed by atoms with Crippen LogP contribution in [-0.4, -0.2) is 51.3 Å². The van der Waals surface area contributed by atoms with Crippen molar-refractivity contribution in [1.29, 1.82) is 0 Å². The number of hydrogen-bond acceptors (Lipinski definition) is 3. The second kappa shape index (κ2) is 9.01. The minimum Gasteiger partial charge on any atom is -0.380 e. The van der Waals surface area contributed by atoms with Gasteiger partial charge in [-0.05, 0) is 50.5 Å². The fourth-order valence-corrected chi connectivity index (χ4v) is 3.98. The number of fused-ring (bicyclic) bond motifs is 2. The molecule has 2 saturated carbocycles. The van der Waals surface area contributed by atoms with Crippen LogP contribution in [0.25, 0.3) is 0 Å². The molecular weight excluding hydrogens is 248 g/mol. The van der Waals surface area contributed by atoms with E-state index in [1.807, 2.05) is 0 Å². The van der Waals surface area contributed by atoms with E-state index < -0.39 is 0 Å². The molecule has 0 radical (unpaired) electrons. The Labute approximate surface area is 125 Å². The van der Waals surface area contributed by atoms with Gasteiger partial charge in [-0.1, -0.05) is 19.8 Å². The highest BCUT2D eigenvalue weighted by molar-refractivity contribution is 4.90. The monoisotopic (exact) mass is 282 g/mol. The number of ether oxygens (including phenoxy) is 1. The third-order valence-corrected chi connectivity index (χ3v) is 5.17. The van der Waals surface area contributed by atoms with Crippen LogP contribution < -0.4 is 5.32 Å². The van der Waals surface area contributed by atoms with E-state index in [-0.39, 0.29) is 0 Å². The van der Waals surface area contributed by atoms with Crippen LogP contribution in [0.5, 0.6) is 0 Å². The van der Waals surface area contributed by atoms with Gasteiger partial charge in [-0.25, -0.2) is 0 Å². The van der Waals surface area contributed by atoms with Crippen molar-refractivity contribution in [2.75, 3.05) is 46.4 Å². The summed E-state index contributed by atoms with van der Waals surface area (Å²) in [4.78, 5) is 2.52. The SMILES string of the molecule is CCCCOCCNCCN(C)CC1CC2CCC1C2. The van der Waals surface area contributed by atoms with E-state index in [0.29, 0.717) is 0 Å². The van der Waals surface area contributed by atoms with Gasteiger partial charge in [0.1, 0.15) is 0 Å². The Balaban J connectivity index is 1.42. The molecule has 0 aromatic carbocycles. The van der Waals surface area contributed by atoms with Gasteiger partial charge in [-0.3, -0.25) is 0 Å². The minimum absolute atomic E-state index is 0.857. The first kappa shape index (κ1) is 16.3. The van der Waals surface area contributed by atoms with Crippen molar-refractivity contribution in [1.82, 2.24) is 10.2 Å². The number of nitrogens with one attached hydrogen (secondary N) is 1. The van der Waals surface area contributed by atoms with Crippen LogP contribution in [0.1, 0.15) is 45.4 Å². The first-order chi connectivity index (χ1) is 9.79. The third kappa shape index (κ3) is 5.34. The van der Waals surface area contributed by atoms with Gasteiger partial charge in [0, 0.05) is 32.8 Å². The Kier molecular flexibility index (Phi) is 7.32. The second-order valence-electron chi connectivity index (χ2n) is 6.91. The molecule has 2 bridgehead atoms. The van der Waals surface area contributed by atoms with Gasteiger partial charge in [-0.2, -0.15) is 0 Å². The van der Waals surface area contributed by atoms with Gasteiger partial charge in [0.2, 0.25) is 0 Å². The second-order valence-corrected chi connectivity index (χ2v) is 6.91. The predicted molar refractivity (Wildman–Crippen MR) is 85.0 cm³/mol. The summed E-state index contributed by atoms with van der Waals surface area (Å²) in [6.07, 6.45) is 8.48. The van der Waals surface area contributed by atoms with Crippen LogP contribution in [0.4, 0.5) is 0 Å². The maximum atomic E-state index is 5.55. The summed E-state index contributed by atoms with van der Waals surface area (Å²) in [5.74, 6) is 3.13. The normalized spacial score (nSPS) is 28.6. The maximum absolute atomic E-state index is 5.55. The first-order valence-corrected chi connectivity index (χ1v) is 8.76. The zero-order valence-electron chi connectivity index (χ0n) is 13.6. The summed E-state index contributed by atoms with van der Waals surface area (Å²) in [5.41, 5.74) is 0. The Morgan fingerprint density at radius 3 is 2.75 bits per heavy atom. The predicted octanol–water partition coefficient (Wildman–Crippen LogP) is 2.76. The fraction of sp³-hybridized carbons (Fsp3) is 1.00. The number of likely N-dealkylation sites (N-methyl/N-ethyl adjacent to an activating group) is 1. The van der Waals surface area contributed by atoms with Gasteiger partial charge in [0.25, 0.3) is 0 Å². The molecule has 3 nitrogen and oxygen atoms in total. The van der Waals surface area contributed by atoms with Crippen LogP contribution in [0.2, 0.25) is 0 Å².